The van der Waals surface area contributed by atoms with E-state index in [4.69, 9.17) is 0 Å². The molecule has 72 valence electrons. The molecule has 1 rings (SSSR count). The average molecular weight is 265 g/mol. The predicted molar refractivity (Wildman–Crippen MR) is 57.0 cm³/mol. The molecule has 0 unspecified atom stereocenters. The molecule has 0 aliphatic rings. The van der Waals surface area contributed by atoms with Crippen LogP contribution in [0.25, 0.3) is 0 Å². The van der Waals surface area contributed by atoms with Crippen LogP contribution >= 0.6 is 28.7 Å². The number of pyridine rings is 1. The molecule has 1 heterocycles. The van der Waals surface area contributed by atoms with Gasteiger partial charge < -0.3 is 0 Å². The van der Waals surface area contributed by atoms with Gasteiger partial charge in [-0.25, -0.2) is 9.29 Å². The highest BCUT2D eigenvalue weighted by Crippen LogP contribution is 2.15. The molecule has 1 aromatic rings. The molecule has 0 N–H and O–H groups in total. The molecule has 5 heteroatoms. The van der Waals surface area contributed by atoms with Gasteiger partial charge in [0.15, 0.2) is 0 Å². The second-order valence-corrected chi connectivity index (χ2v) is 4.02. The van der Waals surface area contributed by atoms with Gasteiger partial charge in [-0.3, -0.25) is 0 Å². The Balaban J connectivity index is 2.73. The lowest BCUT2D eigenvalue weighted by Gasteiger charge is -2.11. The summed E-state index contributed by atoms with van der Waals surface area (Å²) in [5, 5.41) is 0. The average Bonchev–Trinajstić information content (AvgIpc) is 2.11. The first-order chi connectivity index (χ1) is 6.13. The minimum atomic E-state index is -0.481. The fourth-order valence-electron chi connectivity index (χ4n) is 0.870. The van der Waals surface area contributed by atoms with E-state index in [1.54, 1.807) is 6.07 Å². The number of halogens is 2. The minimum Gasteiger partial charge on any atom is -0.249 e. The Bertz CT molecular complexity index is 295. The zero-order chi connectivity index (χ0) is 9.84. The summed E-state index contributed by atoms with van der Waals surface area (Å²) in [6, 6.07) is 1.71. The number of aromatic nitrogens is 1. The molecule has 1 aromatic heterocycles. The summed E-state index contributed by atoms with van der Waals surface area (Å²) in [7, 11) is 0. The predicted octanol–water partition coefficient (Wildman–Crippen LogP) is 2.65. The van der Waals surface area contributed by atoms with Gasteiger partial charge in [-0.1, -0.05) is 19.7 Å². The third-order valence-electron chi connectivity index (χ3n) is 1.58. The molecular formula is C8H10BrFN2S. The highest BCUT2D eigenvalue weighted by molar-refractivity contribution is 9.10. The van der Waals surface area contributed by atoms with E-state index in [1.165, 1.54) is 6.20 Å². The molecule has 0 amide bonds. The van der Waals surface area contributed by atoms with Crippen molar-refractivity contribution in [2.75, 3.05) is 6.54 Å². The van der Waals surface area contributed by atoms with Crippen LogP contribution in [0.3, 0.4) is 0 Å². The molecule has 0 aliphatic carbocycles. The minimum absolute atomic E-state index is 0.392. The van der Waals surface area contributed by atoms with Crippen LogP contribution in [0.2, 0.25) is 0 Å². The molecule has 0 spiro atoms. The van der Waals surface area contributed by atoms with Gasteiger partial charge in [0.1, 0.15) is 0 Å². The molecule has 0 bridgehead atoms. The zero-order valence-corrected chi connectivity index (χ0v) is 9.65. The molecule has 0 saturated heterocycles. The van der Waals surface area contributed by atoms with Gasteiger partial charge in [-0.15, -0.1) is 0 Å². The van der Waals surface area contributed by atoms with Crippen LogP contribution in [0, 0.1) is 5.95 Å². The van der Waals surface area contributed by atoms with Crippen LogP contribution in [0.1, 0.15) is 12.5 Å². The van der Waals surface area contributed by atoms with Crippen molar-refractivity contribution < 1.29 is 4.39 Å². The number of hydrogen-bond donors (Lipinski definition) is 1. The van der Waals surface area contributed by atoms with E-state index in [0.29, 0.717) is 11.0 Å². The van der Waals surface area contributed by atoms with Crippen molar-refractivity contribution >= 4 is 28.7 Å². The third-order valence-corrected chi connectivity index (χ3v) is 2.56. The van der Waals surface area contributed by atoms with Gasteiger partial charge in [-0.05, 0) is 27.6 Å². The molecule has 0 saturated carbocycles. The fourth-order valence-corrected chi connectivity index (χ4v) is 1.43. The van der Waals surface area contributed by atoms with E-state index in [0.717, 1.165) is 12.1 Å². The van der Waals surface area contributed by atoms with Crippen molar-refractivity contribution in [1.82, 2.24) is 9.29 Å². The molecule has 2 nitrogen and oxygen atoms in total. The number of hydrogen-bond acceptors (Lipinski definition) is 3. The van der Waals surface area contributed by atoms with E-state index in [-0.39, 0.29) is 0 Å². The SMILES string of the molecule is CCN(S)Cc1cnc(F)c(Br)c1. The lowest BCUT2D eigenvalue weighted by Crippen LogP contribution is -2.10. The van der Waals surface area contributed by atoms with Crippen LogP contribution in [0.15, 0.2) is 16.7 Å². The van der Waals surface area contributed by atoms with Crippen LogP contribution in [-0.4, -0.2) is 15.8 Å². The third kappa shape index (κ3) is 3.25. The van der Waals surface area contributed by atoms with Crippen LogP contribution in [0.5, 0.6) is 0 Å². The standard InChI is InChI=1S/C8H10BrFN2S/c1-2-12(13)5-6-3-7(9)8(10)11-4-6/h3-4,13H,2,5H2,1H3. The van der Waals surface area contributed by atoms with Gasteiger partial charge in [0.25, 0.3) is 0 Å². The normalized spacial score (nSPS) is 10.8. The highest BCUT2D eigenvalue weighted by Gasteiger charge is 2.03. The first-order valence-corrected chi connectivity index (χ1v) is 5.06. The number of rotatable bonds is 3. The Labute approximate surface area is 90.8 Å². The van der Waals surface area contributed by atoms with Crippen molar-refractivity contribution in [1.29, 1.82) is 0 Å². The summed E-state index contributed by atoms with van der Waals surface area (Å²) in [6.45, 7) is 3.49. The first kappa shape index (κ1) is 10.9. The van der Waals surface area contributed by atoms with Crippen molar-refractivity contribution in [3.8, 4) is 0 Å². The Hall–Kier alpha value is -0.130. The summed E-state index contributed by atoms with van der Waals surface area (Å²) in [5.41, 5.74) is 0.935. The Morgan fingerprint density at radius 2 is 2.38 bits per heavy atom. The van der Waals surface area contributed by atoms with E-state index < -0.39 is 5.95 Å². The Kier molecular flexibility index (Phi) is 4.15. The maximum Gasteiger partial charge on any atom is 0.227 e. The van der Waals surface area contributed by atoms with Gasteiger partial charge >= 0.3 is 0 Å². The number of thiol groups is 1. The largest absolute Gasteiger partial charge is 0.249 e. The smallest absolute Gasteiger partial charge is 0.227 e. The van der Waals surface area contributed by atoms with Crippen molar-refractivity contribution in [3.05, 3.63) is 28.2 Å². The van der Waals surface area contributed by atoms with Crippen LogP contribution in [-0.2, 0) is 6.54 Å². The van der Waals surface area contributed by atoms with Gasteiger partial charge in [-0.2, -0.15) is 4.39 Å². The molecule has 0 aromatic carbocycles. The molecule has 0 fully saturated rings. The Morgan fingerprint density at radius 3 is 2.92 bits per heavy atom. The van der Waals surface area contributed by atoms with E-state index in [2.05, 4.69) is 33.7 Å². The summed E-state index contributed by atoms with van der Waals surface area (Å²) >= 11 is 7.27. The fraction of sp³-hybridized carbons (Fsp3) is 0.375. The maximum absolute atomic E-state index is 12.7. The van der Waals surface area contributed by atoms with E-state index in [9.17, 15) is 4.39 Å². The molecule has 0 radical (unpaired) electrons. The zero-order valence-electron chi connectivity index (χ0n) is 7.17. The first-order valence-electron chi connectivity index (χ1n) is 3.87. The highest BCUT2D eigenvalue weighted by atomic mass is 79.9. The van der Waals surface area contributed by atoms with Crippen molar-refractivity contribution in [2.24, 2.45) is 0 Å². The molecular weight excluding hydrogens is 255 g/mol. The molecule has 13 heavy (non-hydrogen) atoms. The van der Waals surface area contributed by atoms with Crippen LogP contribution < -0.4 is 0 Å². The van der Waals surface area contributed by atoms with Crippen molar-refractivity contribution in [2.45, 2.75) is 13.5 Å². The van der Waals surface area contributed by atoms with E-state index in [1.807, 2.05) is 11.2 Å². The van der Waals surface area contributed by atoms with Gasteiger partial charge in [0.2, 0.25) is 5.95 Å². The summed E-state index contributed by atoms with van der Waals surface area (Å²) in [4.78, 5) is 3.59. The quantitative estimate of drug-likeness (QED) is 0.668. The molecule has 0 atom stereocenters. The lowest BCUT2D eigenvalue weighted by atomic mass is 10.3. The number of nitrogens with zero attached hydrogens (tertiary/aromatic N) is 2. The summed E-state index contributed by atoms with van der Waals surface area (Å²) < 4.78 is 14.9. The monoisotopic (exact) mass is 264 g/mol. The summed E-state index contributed by atoms with van der Waals surface area (Å²) in [5.74, 6) is -0.481. The van der Waals surface area contributed by atoms with Crippen molar-refractivity contribution in [3.63, 3.8) is 0 Å². The molecule has 0 aliphatic heterocycles. The van der Waals surface area contributed by atoms with Gasteiger partial charge in [0, 0.05) is 19.3 Å². The summed E-state index contributed by atoms with van der Waals surface area (Å²) in [6.07, 6.45) is 1.51. The second kappa shape index (κ2) is 4.93. The van der Waals surface area contributed by atoms with Gasteiger partial charge in [0.05, 0.1) is 4.47 Å². The Morgan fingerprint density at radius 1 is 1.69 bits per heavy atom. The maximum atomic E-state index is 12.7. The van der Waals surface area contributed by atoms with Crippen LogP contribution in [0.4, 0.5) is 4.39 Å². The lowest BCUT2D eigenvalue weighted by molar-refractivity contribution is 0.495. The van der Waals surface area contributed by atoms with E-state index >= 15 is 0 Å². The second-order valence-electron chi connectivity index (χ2n) is 2.60. The topological polar surface area (TPSA) is 16.1 Å².